The molecule has 1 aliphatic rings. The molecule has 1 unspecified atom stereocenters. The number of aromatic nitrogens is 1. The molecule has 1 atom stereocenters. The number of sulfonamides is 1. The van der Waals surface area contributed by atoms with Crippen LogP contribution in [0.3, 0.4) is 0 Å². The van der Waals surface area contributed by atoms with Gasteiger partial charge in [-0.15, -0.1) is 0 Å². The predicted octanol–water partition coefficient (Wildman–Crippen LogP) is -0.403. The molecule has 0 spiro atoms. The highest BCUT2D eigenvalue weighted by atomic mass is 32.2. The first kappa shape index (κ1) is 15.4. The Morgan fingerprint density at radius 1 is 1.30 bits per heavy atom. The van der Waals surface area contributed by atoms with E-state index in [9.17, 15) is 16.8 Å². The molecule has 0 aromatic carbocycles. The highest BCUT2D eigenvalue weighted by Crippen LogP contribution is 2.20. The number of nitrogens with zero attached hydrogens (tertiary/aromatic N) is 2. The fourth-order valence-corrected chi connectivity index (χ4v) is 4.12. The number of hydrogen-bond acceptors (Lipinski definition) is 6. The third-order valence-corrected chi connectivity index (χ3v) is 6.00. The summed E-state index contributed by atoms with van der Waals surface area (Å²) in [4.78, 5) is 3.69. The van der Waals surface area contributed by atoms with Crippen LogP contribution in [-0.4, -0.2) is 51.5 Å². The Morgan fingerprint density at radius 3 is 2.50 bits per heavy atom. The maximum Gasteiger partial charge on any atom is 0.244 e. The minimum Gasteiger partial charge on any atom is -0.327 e. The van der Waals surface area contributed by atoms with Crippen LogP contribution in [-0.2, 0) is 19.9 Å². The van der Waals surface area contributed by atoms with Crippen LogP contribution in [0.15, 0.2) is 28.3 Å². The molecule has 1 aromatic rings. The third kappa shape index (κ3) is 3.17. The Hall–Kier alpha value is -1.03. The molecular weight excluding hydrogens is 302 g/mol. The van der Waals surface area contributed by atoms with Crippen LogP contribution in [0.1, 0.15) is 12.8 Å². The standard InChI is InChI=1S/C11H17N3O4S2/c1-19(15,16)11-5-4-10(7-13-11)20(17,18)14-6-2-3-9(12)8-14/h4-5,7,9H,2-3,6,8,12H2,1H3. The first-order valence-corrected chi connectivity index (χ1v) is 9.46. The van der Waals surface area contributed by atoms with Crippen molar-refractivity contribution >= 4 is 19.9 Å². The molecule has 0 bridgehead atoms. The van der Waals surface area contributed by atoms with Crippen molar-refractivity contribution in [3.8, 4) is 0 Å². The van der Waals surface area contributed by atoms with Crippen molar-refractivity contribution in [3.63, 3.8) is 0 Å². The summed E-state index contributed by atoms with van der Waals surface area (Å²) < 4.78 is 48.7. The van der Waals surface area contributed by atoms with Gasteiger partial charge in [0, 0.05) is 31.6 Å². The lowest BCUT2D eigenvalue weighted by molar-refractivity contribution is 0.316. The second-order valence-electron chi connectivity index (χ2n) is 4.87. The van der Waals surface area contributed by atoms with Gasteiger partial charge in [0.2, 0.25) is 10.0 Å². The Labute approximate surface area is 118 Å². The van der Waals surface area contributed by atoms with E-state index in [4.69, 9.17) is 5.73 Å². The number of pyridine rings is 1. The number of rotatable bonds is 3. The minimum atomic E-state index is -3.66. The van der Waals surface area contributed by atoms with Gasteiger partial charge in [-0.05, 0) is 25.0 Å². The fourth-order valence-electron chi connectivity index (χ4n) is 2.08. The Kier molecular flexibility index (Phi) is 4.14. The molecule has 1 fully saturated rings. The summed E-state index contributed by atoms with van der Waals surface area (Å²) >= 11 is 0. The van der Waals surface area contributed by atoms with Gasteiger partial charge in [-0.1, -0.05) is 0 Å². The SMILES string of the molecule is CS(=O)(=O)c1ccc(S(=O)(=O)N2CCCC(N)C2)cn1. The molecule has 1 aliphatic heterocycles. The maximum atomic E-state index is 12.4. The molecule has 0 radical (unpaired) electrons. The van der Waals surface area contributed by atoms with Gasteiger partial charge in [-0.3, -0.25) is 0 Å². The van der Waals surface area contributed by atoms with Crippen molar-refractivity contribution in [2.45, 2.75) is 28.8 Å². The summed E-state index contributed by atoms with van der Waals surface area (Å²) in [5.74, 6) is 0. The van der Waals surface area contributed by atoms with Gasteiger partial charge in [0.25, 0.3) is 0 Å². The van der Waals surface area contributed by atoms with Gasteiger partial charge in [-0.2, -0.15) is 4.31 Å². The van der Waals surface area contributed by atoms with Crippen molar-refractivity contribution in [3.05, 3.63) is 18.3 Å². The zero-order chi connectivity index (χ0) is 15.0. The van der Waals surface area contributed by atoms with Gasteiger partial charge >= 0.3 is 0 Å². The second kappa shape index (κ2) is 5.40. The van der Waals surface area contributed by atoms with E-state index in [0.29, 0.717) is 6.54 Å². The summed E-state index contributed by atoms with van der Waals surface area (Å²) in [5.41, 5.74) is 5.78. The smallest absolute Gasteiger partial charge is 0.244 e. The van der Waals surface area contributed by atoms with E-state index >= 15 is 0 Å². The molecular formula is C11H17N3O4S2. The van der Waals surface area contributed by atoms with Crippen LogP contribution in [0, 0.1) is 0 Å². The normalized spacial score (nSPS) is 21.8. The third-order valence-electron chi connectivity index (χ3n) is 3.15. The van der Waals surface area contributed by atoms with Crippen molar-refractivity contribution in [2.24, 2.45) is 5.73 Å². The van der Waals surface area contributed by atoms with Crippen molar-refractivity contribution < 1.29 is 16.8 Å². The van der Waals surface area contributed by atoms with Crippen LogP contribution in [0.25, 0.3) is 0 Å². The van der Waals surface area contributed by atoms with Gasteiger partial charge in [0.1, 0.15) is 4.90 Å². The first-order valence-electron chi connectivity index (χ1n) is 6.13. The topological polar surface area (TPSA) is 110 Å². The molecule has 2 N–H and O–H groups in total. The lowest BCUT2D eigenvalue weighted by Crippen LogP contribution is -2.45. The number of sulfone groups is 1. The van der Waals surface area contributed by atoms with Crippen molar-refractivity contribution in [1.82, 2.24) is 9.29 Å². The minimum absolute atomic E-state index is 0.0148. The zero-order valence-corrected chi connectivity index (χ0v) is 12.7. The Bertz CT molecular complexity index is 683. The summed E-state index contributed by atoms with van der Waals surface area (Å²) in [7, 11) is -7.10. The van der Waals surface area contributed by atoms with E-state index in [0.717, 1.165) is 25.3 Å². The predicted molar refractivity (Wildman–Crippen MR) is 73.3 cm³/mol. The summed E-state index contributed by atoms with van der Waals surface area (Å²) in [6, 6.07) is 2.30. The van der Waals surface area contributed by atoms with Crippen molar-refractivity contribution in [1.29, 1.82) is 0 Å². The molecule has 2 heterocycles. The van der Waals surface area contributed by atoms with Crippen LogP contribution in [0.2, 0.25) is 0 Å². The van der Waals surface area contributed by atoms with Gasteiger partial charge in [-0.25, -0.2) is 21.8 Å². The molecule has 2 rings (SSSR count). The molecule has 0 aliphatic carbocycles. The van der Waals surface area contributed by atoms with E-state index < -0.39 is 19.9 Å². The molecule has 1 aromatic heterocycles. The lowest BCUT2D eigenvalue weighted by atomic mass is 10.1. The van der Waals surface area contributed by atoms with Crippen molar-refractivity contribution in [2.75, 3.05) is 19.3 Å². The quantitative estimate of drug-likeness (QED) is 0.811. The molecule has 0 saturated carbocycles. The summed E-state index contributed by atoms with van der Waals surface area (Å²) in [5, 5.41) is -0.146. The highest BCUT2D eigenvalue weighted by molar-refractivity contribution is 7.90. The number of piperidine rings is 1. The lowest BCUT2D eigenvalue weighted by Gasteiger charge is -2.29. The van der Waals surface area contributed by atoms with Gasteiger partial charge in [0.05, 0.1) is 0 Å². The number of nitrogens with two attached hydrogens (primary N) is 1. The van der Waals surface area contributed by atoms with E-state index in [1.807, 2.05) is 0 Å². The second-order valence-corrected chi connectivity index (χ2v) is 8.77. The number of hydrogen-bond donors (Lipinski definition) is 1. The van der Waals surface area contributed by atoms with Crippen LogP contribution in [0.5, 0.6) is 0 Å². The zero-order valence-electron chi connectivity index (χ0n) is 11.1. The van der Waals surface area contributed by atoms with Crippen LogP contribution in [0.4, 0.5) is 0 Å². The molecule has 7 nitrogen and oxygen atoms in total. The molecule has 0 amide bonds. The first-order chi connectivity index (χ1) is 9.21. The molecule has 1 saturated heterocycles. The van der Waals surface area contributed by atoms with Gasteiger partial charge < -0.3 is 5.73 Å². The average molecular weight is 319 g/mol. The molecule has 112 valence electrons. The summed E-state index contributed by atoms with van der Waals surface area (Å²) in [6.07, 6.45) is 3.62. The van der Waals surface area contributed by atoms with E-state index in [2.05, 4.69) is 4.98 Å². The highest BCUT2D eigenvalue weighted by Gasteiger charge is 2.29. The fraction of sp³-hybridized carbons (Fsp3) is 0.545. The van der Waals surface area contributed by atoms with Gasteiger partial charge in [0.15, 0.2) is 14.9 Å². The summed E-state index contributed by atoms with van der Waals surface area (Å²) in [6.45, 7) is 0.694. The van der Waals surface area contributed by atoms with E-state index in [1.54, 1.807) is 0 Å². The van der Waals surface area contributed by atoms with E-state index in [-0.39, 0.29) is 22.5 Å². The maximum absolute atomic E-state index is 12.4. The Morgan fingerprint density at radius 2 is 2.00 bits per heavy atom. The van der Waals surface area contributed by atoms with E-state index in [1.165, 1.54) is 16.4 Å². The van der Waals surface area contributed by atoms with Crippen LogP contribution >= 0.6 is 0 Å². The van der Waals surface area contributed by atoms with Crippen LogP contribution < -0.4 is 5.73 Å². The molecule has 9 heteroatoms. The Balaban J connectivity index is 2.30. The average Bonchev–Trinajstić information content (AvgIpc) is 2.38. The molecule has 20 heavy (non-hydrogen) atoms. The largest absolute Gasteiger partial charge is 0.327 e. The monoisotopic (exact) mass is 319 g/mol.